The van der Waals surface area contributed by atoms with Gasteiger partial charge >= 0.3 is 0 Å². The van der Waals surface area contributed by atoms with E-state index in [4.69, 9.17) is 4.74 Å². The molecule has 1 aromatic heterocycles. The number of nitrogens with zero attached hydrogens (tertiary/aromatic N) is 2. The fourth-order valence-corrected chi connectivity index (χ4v) is 3.86. The summed E-state index contributed by atoms with van der Waals surface area (Å²) in [6, 6.07) is 7.32. The van der Waals surface area contributed by atoms with Crippen molar-refractivity contribution in [1.82, 2.24) is 20.5 Å². The van der Waals surface area contributed by atoms with Crippen LogP contribution in [0.3, 0.4) is 0 Å². The molecule has 0 bridgehead atoms. The van der Waals surface area contributed by atoms with Crippen molar-refractivity contribution in [2.75, 3.05) is 27.2 Å². The minimum Gasteiger partial charge on any atom is -0.497 e. The van der Waals surface area contributed by atoms with Gasteiger partial charge in [-0.2, -0.15) is 0 Å². The number of benzene rings is 1. The molecular formula is C18H22N4O3S. The van der Waals surface area contributed by atoms with Crippen molar-refractivity contribution >= 4 is 23.2 Å². The molecule has 1 aliphatic heterocycles. The van der Waals surface area contributed by atoms with E-state index in [0.717, 1.165) is 21.2 Å². The van der Waals surface area contributed by atoms with Crippen LogP contribution in [0.25, 0.3) is 10.6 Å². The third-order valence-electron chi connectivity index (χ3n) is 4.33. The maximum atomic E-state index is 12.2. The Balaban J connectivity index is 1.74. The number of carbonyl (C=O) groups excluding carboxylic acids is 2. The number of rotatable bonds is 6. The van der Waals surface area contributed by atoms with Crippen LogP contribution in [-0.4, -0.2) is 55.0 Å². The molecule has 8 heteroatoms. The molecule has 1 fully saturated rings. The molecule has 0 radical (unpaired) electrons. The maximum Gasteiger partial charge on any atom is 0.237 e. The van der Waals surface area contributed by atoms with Gasteiger partial charge in [-0.15, -0.1) is 11.3 Å². The van der Waals surface area contributed by atoms with Crippen LogP contribution in [0.4, 0.5) is 0 Å². The van der Waals surface area contributed by atoms with Gasteiger partial charge in [-0.25, -0.2) is 4.98 Å². The summed E-state index contributed by atoms with van der Waals surface area (Å²) in [5.41, 5.74) is 0.999. The van der Waals surface area contributed by atoms with Gasteiger partial charge < -0.3 is 15.4 Å². The Morgan fingerprint density at radius 2 is 2.35 bits per heavy atom. The van der Waals surface area contributed by atoms with Gasteiger partial charge in [0.05, 0.1) is 19.6 Å². The monoisotopic (exact) mass is 374 g/mol. The second-order valence-corrected chi connectivity index (χ2v) is 7.13. The Bertz CT molecular complexity index is 792. The highest BCUT2D eigenvalue weighted by molar-refractivity contribution is 7.15. The summed E-state index contributed by atoms with van der Waals surface area (Å²) in [6.45, 7) is 1.89. The van der Waals surface area contributed by atoms with E-state index in [1.54, 1.807) is 25.5 Å². The lowest BCUT2D eigenvalue weighted by molar-refractivity contribution is -0.134. The van der Waals surface area contributed by atoms with E-state index in [1.165, 1.54) is 0 Å². The number of hydrogen-bond acceptors (Lipinski definition) is 6. The SMILES string of the molecule is CNC(=O)C[C@@H]1C(=O)NCCN1Cc1cnc(-c2cccc(OC)c2)s1. The lowest BCUT2D eigenvalue weighted by Crippen LogP contribution is -2.55. The summed E-state index contributed by atoms with van der Waals surface area (Å²) in [6.07, 6.45) is 1.99. The van der Waals surface area contributed by atoms with Gasteiger partial charge in [0.2, 0.25) is 11.8 Å². The van der Waals surface area contributed by atoms with Crippen LogP contribution in [0, 0.1) is 0 Å². The Kier molecular flexibility index (Phi) is 5.85. The number of amides is 2. The van der Waals surface area contributed by atoms with Crippen molar-refractivity contribution in [2.45, 2.75) is 19.0 Å². The van der Waals surface area contributed by atoms with Crippen LogP contribution in [0.5, 0.6) is 5.75 Å². The van der Waals surface area contributed by atoms with Crippen molar-refractivity contribution in [2.24, 2.45) is 0 Å². The number of ether oxygens (including phenoxy) is 1. The first-order valence-electron chi connectivity index (χ1n) is 8.42. The largest absolute Gasteiger partial charge is 0.497 e. The molecule has 0 spiro atoms. The third-order valence-corrected chi connectivity index (χ3v) is 5.36. The van der Waals surface area contributed by atoms with Crippen LogP contribution in [0.2, 0.25) is 0 Å². The topological polar surface area (TPSA) is 83.6 Å². The molecule has 138 valence electrons. The number of nitrogens with one attached hydrogen (secondary N) is 2. The fourth-order valence-electron chi connectivity index (χ4n) is 2.92. The highest BCUT2D eigenvalue weighted by Gasteiger charge is 2.31. The van der Waals surface area contributed by atoms with Gasteiger partial charge in [-0.1, -0.05) is 12.1 Å². The highest BCUT2D eigenvalue weighted by Crippen LogP contribution is 2.29. The molecule has 0 saturated carbocycles. The van der Waals surface area contributed by atoms with Crippen LogP contribution in [0.15, 0.2) is 30.5 Å². The number of methoxy groups -OCH3 is 1. The summed E-state index contributed by atoms with van der Waals surface area (Å²) in [5, 5.41) is 6.33. The molecule has 2 N–H and O–H groups in total. The van der Waals surface area contributed by atoms with Crippen molar-refractivity contribution in [3.8, 4) is 16.3 Å². The summed E-state index contributed by atoms with van der Waals surface area (Å²) >= 11 is 1.59. The normalized spacial score (nSPS) is 17.6. The van der Waals surface area contributed by atoms with Crippen molar-refractivity contribution in [3.05, 3.63) is 35.3 Å². The Labute approximate surface area is 156 Å². The van der Waals surface area contributed by atoms with Gasteiger partial charge in [-0.3, -0.25) is 14.5 Å². The first-order chi connectivity index (χ1) is 12.6. The third kappa shape index (κ3) is 4.20. The van der Waals surface area contributed by atoms with E-state index in [-0.39, 0.29) is 18.2 Å². The Morgan fingerprint density at radius 3 is 3.12 bits per heavy atom. The van der Waals surface area contributed by atoms with E-state index in [2.05, 4.69) is 15.6 Å². The molecule has 1 aromatic carbocycles. The first-order valence-corrected chi connectivity index (χ1v) is 9.24. The minimum absolute atomic E-state index is 0.0996. The second kappa shape index (κ2) is 8.29. The smallest absolute Gasteiger partial charge is 0.237 e. The minimum atomic E-state index is -0.453. The zero-order valence-corrected chi connectivity index (χ0v) is 15.6. The molecule has 0 aliphatic carbocycles. The molecule has 26 heavy (non-hydrogen) atoms. The second-order valence-electron chi connectivity index (χ2n) is 6.02. The summed E-state index contributed by atoms with van der Waals surface area (Å²) in [4.78, 5) is 31.5. The zero-order valence-electron chi connectivity index (χ0n) is 14.8. The molecular weight excluding hydrogens is 352 g/mol. The predicted octanol–water partition coefficient (Wildman–Crippen LogP) is 1.26. The van der Waals surface area contributed by atoms with Gasteiger partial charge in [0.1, 0.15) is 10.8 Å². The summed E-state index contributed by atoms with van der Waals surface area (Å²) in [5.74, 6) is 0.549. The standard InChI is InChI=1S/C18H22N4O3S/c1-19-16(23)9-15-17(24)20-6-7-22(15)11-14-10-21-18(26-14)12-4-3-5-13(8-12)25-2/h3-5,8,10,15H,6-7,9,11H2,1-2H3,(H,19,23)(H,20,24)/t15-/m1/s1. The van der Waals surface area contributed by atoms with Crippen LogP contribution in [-0.2, 0) is 16.1 Å². The predicted molar refractivity (Wildman–Crippen MR) is 100.0 cm³/mol. The van der Waals surface area contributed by atoms with Crippen LogP contribution in [0.1, 0.15) is 11.3 Å². The molecule has 2 heterocycles. The van der Waals surface area contributed by atoms with E-state index >= 15 is 0 Å². The van der Waals surface area contributed by atoms with E-state index < -0.39 is 6.04 Å². The lowest BCUT2D eigenvalue weighted by atomic mass is 10.1. The summed E-state index contributed by atoms with van der Waals surface area (Å²) in [7, 11) is 3.22. The molecule has 2 amide bonds. The van der Waals surface area contributed by atoms with Crippen LogP contribution < -0.4 is 15.4 Å². The summed E-state index contributed by atoms with van der Waals surface area (Å²) < 4.78 is 5.26. The average molecular weight is 374 g/mol. The van der Waals surface area contributed by atoms with Gasteiger partial charge in [0, 0.05) is 43.3 Å². The quantitative estimate of drug-likeness (QED) is 0.795. The molecule has 3 rings (SSSR count). The number of piperazine rings is 1. The first kappa shape index (κ1) is 18.3. The van der Waals surface area contributed by atoms with E-state index in [9.17, 15) is 9.59 Å². The maximum absolute atomic E-state index is 12.2. The molecule has 2 aromatic rings. The number of aromatic nitrogens is 1. The number of carbonyl (C=O) groups is 2. The molecule has 0 unspecified atom stereocenters. The Morgan fingerprint density at radius 1 is 1.50 bits per heavy atom. The Hall–Kier alpha value is -2.45. The van der Waals surface area contributed by atoms with Gasteiger partial charge in [-0.05, 0) is 12.1 Å². The van der Waals surface area contributed by atoms with E-state index in [0.29, 0.717) is 19.6 Å². The lowest BCUT2D eigenvalue weighted by Gasteiger charge is -2.34. The van der Waals surface area contributed by atoms with Gasteiger partial charge in [0.25, 0.3) is 0 Å². The van der Waals surface area contributed by atoms with E-state index in [1.807, 2.05) is 35.4 Å². The van der Waals surface area contributed by atoms with Crippen LogP contribution >= 0.6 is 11.3 Å². The number of hydrogen-bond donors (Lipinski definition) is 2. The van der Waals surface area contributed by atoms with Crippen molar-refractivity contribution < 1.29 is 14.3 Å². The van der Waals surface area contributed by atoms with Crippen molar-refractivity contribution in [3.63, 3.8) is 0 Å². The average Bonchev–Trinajstić information content (AvgIpc) is 3.13. The van der Waals surface area contributed by atoms with Crippen molar-refractivity contribution in [1.29, 1.82) is 0 Å². The van der Waals surface area contributed by atoms with Gasteiger partial charge in [0.15, 0.2) is 0 Å². The molecule has 1 aliphatic rings. The zero-order chi connectivity index (χ0) is 18.5. The molecule has 1 saturated heterocycles. The highest BCUT2D eigenvalue weighted by atomic mass is 32.1. The fraction of sp³-hybridized carbons (Fsp3) is 0.389. The number of thiazole rings is 1. The molecule has 1 atom stereocenters. The molecule has 7 nitrogen and oxygen atoms in total.